The minimum Gasteiger partial charge on any atom is -0.480 e. The second-order valence-electron chi connectivity index (χ2n) is 5.39. The minimum atomic E-state index is -3.92. The highest BCUT2D eigenvalue weighted by atomic mass is 32.2. The van der Waals surface area contributed by atoms with Crippen LogP contribution in [0.25, 0.3) is 0 Å². The highest BCUT2D eigenvalue weighted by molar-refractivity contribution is 7.89. The molecule has 0 spiro atoms. The van der Waals surface area contributed by atoms with E-state index in [-0.39, 0.29) is 10.8 Å². The van der Waals surface area contributed by atoms with Crippen LogP contribution in [0.2, 0.25) is 0 Å². The maximum Gasteiger partial charge on any atom is 0.318 e. The number of nitrogens with zero attached hydrogens (tertiary/aromatic N) is 1. The molecule has 0 atom stereocenters. The summed E-state index contributed by atoms with van der Waals surface area (Å²) in [5, 5.41) is 8.55. The van der Waals surface area contributed by atoms with Gasteiger partial charge < -0.3 is 10.0 Å². The number of carbonyl (C=O) groups is 2. The number of carboxylic acid groups (broad SMARTS) is 1. The maximum atomic E-state index is 12.1. The second kappa shape index (κ2) is 4.81. The van der Waals surface area contributed by atoms with E-state index in [4.69, 9.17) is 5.11 Å². The molecular weight excluding hydrogens is 296 g/mol. The quantitative estimate of drug-likeness (QED) is 0.832. The zero-order valence-corrected chi connectivity index (χ0v) is 12.7. The lowest BCUT2D eigenvalue weighted by molar-refractivity contribution is -0.135. The van der Waals surface area contributed by atoms with E-state index in [1.54, 1.807) is 27.0 Å². The lowest BCUT2D eigenvalue weighted by Gasteiger charge is -2.16. The molecule has 2 N–H and O–H groups in total. The first-order valence-electron chi connectivity index (χ1n) is 6.21. The summed E-state index contributed by atoms with van der Waals surface area (Å²) in [6, 6.07) is 4.33. The number of carbonyl (C=O) groups excluding carboxylic acids is 1. The van der Waals surface area contributed by atoms with Gasteiger partial charge in [-0.25, -0.2) is 8.42 Å². The van der Waals surface area contributed by atoms with Crippen molar-refractivity contribution in [2.24, 2.45) is 0 Å². The van der Waals surface area contributed by atoms with Gasteiger partial charge in [-0.1, -0.05) is 0 Å². The Morgan fingerprint density at radius 2 is 2.00 bits per heavy atom. The molecule has 0 aliphatic carbocycles. The summed E-state index contributed by atoms with van der Waals surface area (Å²) in [6.45, 7) is 2.75. The predicted molar refractivity (Wildman–Crippen MR) is 75.7 cm³/mol. The van der Waals surface area contributed by atoms with E-state index in [2.05, 4.69) is 0 Å². The Morgan fingerprint density at radius 3 is 2.57 bits per heavy atom. The van der Waals surface area contributed by atoms with Crippen LogP contribution < -0.4 is 9.62 Å². The number of fused-ring (bicyclic) bond motifs is 1. The van der Waals surface area contributed by atoms with Gasteiger partial charge in [0.15, 0.2) is 0 Å². The Balaban J connectivity index is 2.46. The van der Waals surface area contributed by atoms with Gasteiger partial charge in [-0.2, -0.15) is 4.72 Å². The predicted octanol–water partition coefficient (Wildman–Crippen LogP) is 0.304. The van der Waals surface area contributed by atoms with Gasteiger partial charge in [-0.05, 0) is 37.6 Å². The second-order valence-corrected chi connectivity index (χ2v) is 7.15. The molecule has 1 aromatic rings. The van der Waals surface area contributed by atoms with Gasteiger partial charge in [0.2, 0.25) is 15.9 Å². The molecule has 21 heavy (non-hydrogen) atoms. The lowest BCUT2D eigenvalue weighted by Crippen LogP contribution is -2.33. The smallest absolute Gasteiger partial charge is 0.318 e. The number of sulfonamides is 1. The molecule has 1 aliphatic rings. The van der Waals surface area contributed by atoms with E-state index in [0.29, 0.717) is 11.3 Å². The van der Waals surface area contributed by atoms with Gasteiger partial charge >= 0.3 is 5.97 Å². The molecule has 0 fully saturated rings. The van der Waals surface area contributed by atoms with E-state index >= 15 is 0 Å². The van der Waals surface area contributed by atoms with E-state index in [0.717, 1.165) is 0 Å². The molecule has 0 bridgehead atoms. The average Bonchev–Trinajstić information content (AvgIpc) is 2.58. The van der Waals surface area contributed by atoms with Gasteiger partial charge in [0.25, 0.3) is 0 Å². The molecule has 0 saturated heterocycles. The number of hydrogen-bond acceptors (Lipinski definition) is 4. The van der Waals surface area contributed by atoms with Crippen LogP contribution in [0.5, 0.6) is 0 Å². The van der Waals surface area contributed by atoms with Crippen LogP contribution in [0.15, 0.2) is 23.1 Å². The van der Waals surface area contributed by atoms with Crippen LogP contribution in [0.4, 0.5) is 5.69 Å². The molecule has 0 unspecified atom stereocenters. The fraction of sp³-hybridized carbons (Fsp3) is 0.385. The van der Waals surface area contributed by atoms with E-state index < -0.39 is 28.0 Å². The molecule has 0 saturated carbocycles. The number of nitrogens with one attached hydrogen (secondary N) is 1. The number of rotatable bonds is 4. The molecule has 8 heteroatoms. The Hall–Kier alpha value is -1.93. The molecule has 1 heterocycles. The molecular formula is C13H16N2O5S. The van der Waals surface area contributed by atoms with Crippen molar-refractivity contribution in [2.75, 3.05) is 18.5 Å². The summed E-state index contributed by atoms with van der Waals surface area (Å²) in [7, 11) is -2.29. The number of carboxylic acids is 1. The number of hydrogen-bond donors (Lipinski definition) is 2. The Labute approximate surface area is 122 Å². The summed E-state index contributed by atoms with van der Waals surface area (Å²) in [4.78, 5) is 24.0. The van der Waals surface area contributed by atoms with Crippen molar-refractivity contribution in [1.82, 2.24) is 4.72 Å². The summed E-state index contributed by atoms with van der Waals surface area (Å²) in [5.74, 6) is -1.39. The fourth-order valence-corrected chi connectivity index (χ4v) is 3.36. The third-order valence-corrected chi connectivity index (χ3v) is 4.96. The van der Waals surface area contributed by atoms with Gasteiger partial charge in [-0.15, -0.1) is 0 Å². The van der Waals surface area contributed by atoms with E-state index in [1.165, 1.54) is 17.0 Å². The average molecular weight is 312 g/mol. The highest BCUT2D eigenvalue weighted by Gasteiger charge is 2.42. The van der Waals surface area contributed by atoms with Gasteiger partial charge in [0, 0.05) is 12.7 Å². The molecule has 1 amide bonds. The molecule has 7 nitrogen and oxygen atoms in total. The van der Waals surface area contributed by atoms with Crippen LogP contribution in [0.1, 0.15) is 19.4 Å². The zero-order chi connectivity index (χ0) is 16.0. The third-order valence-electron chi connectivity index (χ3n) is 3.57. The number of aliphatic carboxylic acids is 1. The summed E-state index contributed by atoms with van der Waals surface area (Å²) >= 11 is 0. The number of anilines is 1. The van der Waals surface area contributed by atoms with Crippen molar-refractivity contribution in [3.05, 3.63) is 23.8 Å². The standard InChI is InChI=1S/C13H16N2O5S/c1-13(2)9-6-8(21(19,20)14-7-11(16)17)4-5-10(9)15(3)12(13)18/h4-6,14H,7H2,1-3H3,(H,16,17). The Morgan fingerprint density at radius 1 is 1.38 bits per heavy atom. The summed E-state index contributed by atoms with van der Waals surface area (Å²) in [5.41, 5.74) is 0.443. The van der Waals surface area contributed by atoms with Crippen LogP contribution in [-0.4, -0.2) is 39.0 Å². The molecule has 1 aromatic carbocycles. The van der Waals surface area contributed by atoms with Crippen molar-refractivity contribution in [1.29, 1.82) is 0 Å². The maximum absolute atomic E-state index is 12.1. The van der Waals surface area contributed by atoms with Gasteiger partial charge in [0.05, 0.1) is 10.3 Å². The first kappa shape index (κ1) is 15.5. The zero-order valence-electron chi connectivity index (χ0n) is 11.9. The topological polar surface area (TPSA) is 104 Å². The van der Waals surface area contributed by atoms with Crippen LogP contribution in [-0.2, 0) is 25.0 Å². The SMILES string of the molecule is CN1C(=O)C(C)(C)c2cc(S(=O)(=O)NCC(=O)O)ccc21. The number of amides is 1. The molecule has 0 radical (unpaired) electrons. The Kier molecular flexibility index (Phi) is 3.54. The summed E-state index contributed by atoms with van der Waals surface area (Å²) in [6.07, 6.45) is 0. The highest BCUT2D eigenvalue weighted by Crippen LogP contribution is 2.41. The third kappa shape index (κ3) is 2.52. The van der Waals surface area contributed by atoms with Crippen molar-refractivity contribution >= 4 is 27.6 Å². The molecule has 0 aromatic heterocycles. The van der Waals surface area contributed by atoms with Crippen LogP contribution >= 0.6 is 0 Å². The van der Waals surface area contributed by atoms with Crippen molar-refractivity contribution in [3.8, 4) is 0 Å². The van der Waals surface area contributed by atoms with Crippen LogP contribution in [0.3, 0.4) is 0 Å². The number of likely N-dealkylation sites (N-methyl/N-ethyl adjacent to an activating group) is 1. The van der Waals surface area contributed by atoms with Crippen LogP contribution in [0, 0.1) is 0 Å². The van der Waals surface area contributed by atoms with Crippen molar-refractivity contribution < 1.29 is 23.1 Å². The first-order chi connectivity index (χ1) is 9.57. The van der Waals surface area contributed by atoms with E-state index in [1.807, 2.05) is 4.72 Å². The molecule has 114 valence electrons. The first-order valence-corrected chi connectivity index (χ1v) is 7.70. The monoisotopic (exact) mass is 312 g/mol. The van der Waals surface area contributed by atoms with Crippen molar-refractivity contribution in [2.45, 2.75) is 24.2 Å². The minimum absolute atomic E-state index is 0.0568. The normalized spacial score (nSPS) is 16.9. The van der Waals surface area contributed by atoms with E-state index in [9.17, 15) is 18.0 Å². The summed E-state index contributed by atoms with van der Waals surface area (Å²) < 4.78 is 26.1. The Bertz CT molecular complexity index is 724. The van der Waals surface area contributed by atoms with Gasteiger partial charge in [0.1, 0.15) is 6.54 Å². The molecule has 2 rings (SSSR count). The molecule has 1 aliphatic heterocycles. The van der Waals surface area contributed by atoms with Gasteiger partial charge in [-0.3, -0.25) is 9.59 Å². The lowest BCUT2D eigenvalue weighted by atomic mass is 9.86. The number of benzene rings is 1. The largest absolute Gasteiger partial charge is 0.480 e. The fourth-order valence-electron chi connectivity index (χ4n) is 2.36. The van der Waals surface area contributed by atoms with Crippen molar-refractivity contribution in [3.63, 3.8) is 0 Å².